The van der Waals surface area contributed by atoms with Gasteiger partial charge in [0.05, 0.1) is 0 Å². The molecule has 2 aromatic carbocycles. The third-order valence-corrected chi connectivity index (χ3v) is 4.10. The molecule has 0 saturated heterocycles. The number of benzene rings is 2. The van der Waals surface area contributed by atoms with Crippen LogP contribution in [0.15, 0.2) is 42.5 Å². The second kappa shape index (κ2) is 8.33. The maximum Gasteiger partial charge on any atom is 0.314 e. The first kappa shape index (κ1) is 18.5. The molecule has 0 atom stereocenters. The van der Waals surface area contributed by atoms with E-state index in [1.165, 1.54) is 0 Å². The van der Waals surface area contributed by atoms with Crippen LogP contribution >= 0.6 is 0 Å². The molecule has 5 nitrogen and oxygen atoms in total. The van der Waals surface area contributed by atoms with Crippen molar-refractivity contribution in [2.24, 2.45) is 0 Å². The zero-order chi connectivity index (χ0) is 18.4. The van der Waals surface area contributed by atoms with E-state index in [0.29, 0.717) is 11.4 Å². The van der Waals surface area contributed by atoms with Crippen LogP contribution in [0, 0.1) is 13.8 Å². The molecule has 0 radical (unpaired) electrons. The second-order valence-corrected chi connectivity index (χ2v) is 5.95. The van der Waals surface area contributed by atoms with Gasteiger partial charge in [0.15, 0.2) is 0 Å². The predicted molar refractivity (Wildman–Crippen MR) is 103 cm³/mol. The summed E-state index contributed by atoms with van der Waals surface area (Å²) in [6, 6.07) is 13.1. The van der Waals surface area contributed by atoms with E-state index < -0.39 is 11.8 Å². The molecular formula is C20H25N3O2. The lowest BCUT2D eigenvalue weighted by Crippen LogP contribution is -2.29. The number of anilines is 3. The quantitative estimate of drug-likeness (QED) is 0.816. The first-order valence-electron chi connectivity index (χ1n) is 8.49. The average molecular weight is 339 g/mol. The van der Waals surface area contributed by atoms with Gasteiger partial charge < -0.3 is 15.5 Å². The van der Waals surface area contributed by atoms with Crippen molar-refractivity contribution in [3.63, 3.8) is 0 Å². The molecule has 0 saturated carbocycles. The molecule has 0 spiro atoms. The topological polar surface area (TPSA) is 61.4 Å². The van der Waals surface area contributed by atoms with Crippen LogP contribution in [0.2, 0.25) is 0 Å². The lowest BCUT2D eigenvalue weighted by atomic mass is 10.1. The molecule has 0 aliphatic carbocycles. The van der Waals surface area contributed by atoms with Crippen molar-refractivity contribution in [2.45, 2.75) is 27.7 Å². The molecule has 0 aromatic heterocycles. The number of hydrogen-bond acceptors (Lipinski definition) is 3. The van der Waals surface area contributed by atoms with Crippen LogP contribution in [-0.4, -0.2) is 24.9 Å². The van der Waals surface area contributed by atoms with Crippen molar-refractivity contribution in [1.29, 1.82) is 0 Å². The molecule has 2 aromatic rings. The van der Waals surface area contributed by atoms with Gasteiger partial charge in [-0.25, -0.2) is 0 Å². The minimum atomic E-state index is -0.684. The molecule has 2 rings (SSSR count). The van der Waals surface area contributed by atoms with Crippen LogP contribution in [0.5, 0.6) is 0 Å². The maximum absolute atomic E-state index is 12.1. The number of hydrogen-bond donors (Lipinski definition) is 2. The van der Waals surface area contributed by atoms with Crippen molar-refractivity contribution < 1.29 is 9.59 Å². The molecule has 132 valence electrons. The first-order valence-corrected chi connectivity index (χ1v) is 8.49. The molecule has 0 unspecified atom stereocenters. The van der Waals surface area contributed by atoms with Gasteiger partial charge in [0.25, 0.3) is 0 Å². The monoisotopic (exact) mass is 339 g/mol. The number of carbonyl (C=O) groups is 2. The fourth-order valence-corrected chi connectivity index (χ4v) is 2.58. The van der Waals surface area contributed by atoms with E-state index in [2.05, 4.69) is 29.4 Å². The van der Waals surface area contributed by atoms with Gasteiger partial charge in [-0.3, -0.25) is 9.59 Å². The van der Waals surface area contributed by atoms with Crippen LogP contribution < -0.4 is 15.5 Å². The molecule has 25 heavy (non-hydrogen) atoms. The Hall–Kier alpha value is -2.82. The highest BCUT2D eigenvalue weighted by atomic mass is 16.2. The Morgan fingerprint density at radius 2 is 1.48 bits per heavy atom. The molecule has 0 aliphatic heterocycles. The number of aryl methyl sites for hydroxylation is 2. The van der Waals surface area contributed by atoms with E-state index in [-0.39, 0.29) is 0 Å². The van der Waals surface area contributed by atoms with Crippen LogP contribution in [0.3, 0.4) is 0 Å². The maximum atomic E-state index is 12.1. The van der Waals surface area contributed by atoms with Gasteiger partial charge in [0.2, 0.25) is 0 Å². The van der Waals surface area contributed by atoms with E-state index in [4.69, 9.17) is 0 Å². The lowest BCUT2D eigenvalue weighted by molar-refractivity contribution is -0.133. The molecule has 0 bridgehead atoms. The summed E-state index contributed by atoms with van der Waals surface area (Å²) in [5.74, 6) is -1.37. The number of rotatable bonds is 5. The summed E-state index contributed by atoms with van der Waals surface area (Å²) in [5.41, 5.74) is 4.34. The fraction of sp³-hybridized carbons (Fsp3) is 0.300. The van der Waals surface area contributed by atoms with Crippen LogP contribution in [0.25, 0.3) is 0 Å². The Morgan fingerprint density at radius 1 is 0.880 bits per heavy atom. The van der Waals surface area contributed by atoms with E-state index in [1.807, 2.05) is 44.2 Å². The van der Waals surface area contributed by atoms with Crippen molar-refractivity contribution in [3.05, 3.63) is 53.6 Å². The minimum absolute atomic E-state index is 0.597. The molecule has 0 fully saturated rings. The normalized spacial score (nSPS) is 10.2. The van der Waals surface area contributed by atoms with E-state index >= 15 is 0 Å². The average Bonchev–Trinajstić information content (AvgIpc) is 2.60. The summed E-state index contributed by atoms with van der Waals surface area (Å²) in [4.78, 5) is 26.4. The third kappa shape index (κ3) is 4.83. The SMILES string of the molecule is CCN(CC)c1ccc(NC(=O)C(=O)Nc2ccc(C)cc2)c(C)c1. The molecule has 0 heterocycles. The van der Waals surface area contributed by atoms with Crippen molar-refractivity contribution in [1.82, 2.24) is 0 Å². The number of nitrogens with zero attached hydrogens (tertiary/aromatic N) is 1. The molecule has 2 amide bonds. The Bertz CT molecular complexity index is 750. The predicted octanol–water partition coefficient (Wildman–Crippen LogP) is 3.73. The number of carbonyl (C=O) groups excluding carboxylic acids is 2. The summed E-state index contributed by atoms with van der Waals surface area (Å²) in [6.07, 6.45) is 0. The zero-order valence-corrected chi connectivity index (χ0v) is 15.2. The van der Waals surface area contributed by atoms with Gasteiger partial charge in [-0.1, -0.05) is 17.7 Å². The van der Waals surface area contributed by atoms with Crippen LogP contribution in [0.1, 0.15) is 25.0 Å². The Balaban J connectivity index is 2.04. The van der Waals surface area contributed by atoms with Gasteiger partial charge in [-0.15, -0.1) is 0 Å². The van der Waals surface area contributed by atoms with Crippen LogP contribution in [0.4, 0.5) is 17.1 Å². The molecule has 5 heteroatoms. The summed E-state index contributed by atoms with van der Waals surface area (Å²) in [6.45, 7) is 9.92. The lowest BCUT2D eigenvalue weighted by Gasteiger charge is -2.22. The summed E-state index contributed by atoms with van der Waals surface area (Å²) < 4.78 is 0. The van der Waals surface area contributed by atoms with Gasteiger partial charge in [0.1, 0.15) is 0 Å². The Labute approximate surface area is 149 Å². The summed E-state index contributed by atoms with van der Waals surface area (Å²) in [7, 11) is 0. The molecular weight excluding hydrogens is 314 g/mol. The van der Waals surface area contributed by atoms with E-state index in [1.54, 1.807) is 12.1 Å². The zero-order valence-electron chi connectivity index (χ0n) is 15.2. The standard InChI is InChI=1S/C20H25N3O2/c1-5-23(6-2)17-11-12-18(15(4)13-17)22-20(25)19(24)21-16-9-7-14(3)8-10-16/h7-13H,5-6H2,1-4H3,(H,21,24)(H,22,25). The highest BCUT2D eigenvalue weighted by Gasteiger charge is 2.15. The van der Waals surface area contributed by atoms with E-state index in [9.17, 15) is 9.59 Å². The van der Waals surface area contributed by atoms with Crippen molar-refractivity contribution >= 4 is 28.9 Å². The molecule has 0 aliphatic rings. The van der Waals surface area contributed by atoms with Gasteiger partial charge in [-0.05, 0) is 63.6 Å². The Morgan fingerprint density at radius 3 is 2.04 bits per heavy atom. The highest BCUT2D eigenvalue weighted by molar-refractivity contribution is 6.43. The smallest absolute Gasteiger partial charge is 0.314 e. The second-order valence-electron chi connectivity index (χ2n) is 5.95. The number of nitrogens with one attached hydrogen (secondary N) is 2. The van der Waals surface area contributed by atoms with Crippen molar-refractivity contribution in [3.8, 4) is 0 Å². The highest BCUT2D eigenvalue weighted by Crippen LogP contribution is 2.22. The van der Waals surface area contributed by atoms with Crippen molar-refractivity contribution in [2.75, 3.05) is 28.6 Å². The largest absolute Gasteiger partial charge is 0.372 e. The summed E-state index contributed by atoms with van der Waals surface area (Å²) in [5, 5.41) is 5.27. The summed E-state index contributed by atoms with van der Waals surface area (Å²) >= 11 is 0. The minimum Gasteiger partial charge on any atom is -0.372 e. The first-order chi connectivity index (χ1) is 11.9. The fourth-order valence-electron chi connectivity index (χ4n) is 2.58. The van der Waals surface area contributed by atoms with Gasteiger partial charge in [0, 0.05) is 30.2 Å². The molecule has 2 N–H and O–H groups in total. The third-order valence-electron chi connectivity index (χ3n) is 4.10. The Kier molecular flexibility index (Phi) is 6.17. The number of amides is 2. The van der Waals surface area contributed by atoms with Gasteiger partial charge >= 0.3 is 11.8 Å². The van der Waals surface area contributed by atoms with Crippen LogP contribution in [-0.2, 0) is 9.59 Å². The van der Waals surface area contributed by atoms with E-state index in [0.717, 1.165) is 29.9 Å². The van der Waals surface area contributed by atoms with Gasteiger partial charge in [-0.2, -0.15) is 0 Å².